The molecule has 0 fully saturated rings. The molecule has 1 N–H and O–H groups in total. The van der Waals surface area contributed by atoms with E-state index in [1.807, 2.05) is 0 Å². The summed E-state index contributed by atoms with van der Waals surface area (Å²) in [5.74, 6) is -1.80. The monoisotopic (exact) mass is 203 g/mol. The maximum Gasteiger partial charge on any atom is 0.177 e. The van der Waals surface area contributed by atoms with Crippen LogP contribution >= 0.6 is 11.6 Å². The molecule has 0 radical (unpaired) electrons. The first-order valence-corrected chi connectivity index (χ1v) is 4.44. The largest absolute Gasteiger partial charge is 0.312 e. The molecular formula is C9H8ClF2N. The number of rotatable bonds is 0. The van der Waals surface area contributed by atoms with Gasteiger partial charge >= 0.3 is 0 Å². The van der Waals surface area contributed by atoms with Crippen LogP contribution in [0.3, 0.4) is 0 Å². The van der Waals surface area contributed by atoms with Gasteiger partial charge in [-0.1, -0.05) is 11.6 Å². The molecule has 1 aromatic rings. The van der Waals surface area contributed by atoms with E-state index < -0.39 is 11.6 Å². The van der Waals surface area contributed by atoms with Gasteiger partial charge in [0.15, 0.2) is 11.6 Å². The van der Waals surface area contributed by atoms with Crippen LogP contribution in [0.5, 0.6) is 0 Å². The molecule has 1 heterocycles. The van der Waals surface area contributed by atoms with Gasteiger partial charge in [-0.2, -0.15) is 0 Å². The molecule has 0 aliphatic carbocycles. The predicted octanol–water partition coefficient (Wildman–Crippen LogP) is 2.26. The van der Waals surface area contributed by atoms with E-state index in [9.17, 15) is 8.78 Å². The molecule has 70 valence electrons. The predicted molar refractivity (Wildman–Crippen MR) is 46.8 cm³/mol. The molecule has 0 unspecified atom stereocenters. The summed E-state index contributed by atoms with van der Waals surface area (Å²) in [4.78, 5) is 0. The Morgan fingerprint density at radius 2 is 2.15 bits per heavy atom. The minimum absolute atomic E-state index is 0.0588. The van der Waals surface area contributed by atoms with Crippen LogP contribution < -0.4 is 5.32 Å². The van der Waals surface area contributed by atoms with E-state index in [0.29, 0.717) is 13.0 Å². The Bertz CT molecular complexity index is 352. The van der Waals surface area contributed by atoms with Gasteiger partial charge in [-0.3, -0.25) is 0 Å². The summed E-state index contributed by atoms with van der Waals surface area (Å²) in [7, 11) is 0. The molecule has 0 amide bonds. The molecule has 0 bridgehead atoms. The van der Waals surface area contributed by atoms with Gasteiger partial charge < -0.3 is 5.32 Å². The van der Waals surface area contributed by atoms with Crippen molar-refractivity contribution >= 4 is 11.6 Å². The second-order valence-electron chi connectivity index (χ2n) is 3.05. The Balaban J connectivity index is 2.60. The van der Waals surface area contributed by atoms with Crippen molar-refractivity contribution < 1.29 is 8.78 Å². The van der Waals surface area contributed by atoms with E-state index in [1.165, 1.54) is 6.07 Å². The normalized spacial score (nSPS) is 15.6. The first-order valence-electron chi connectivity index (χ1n) is 4.06. The minimum atomic E-state index is -0.928. The van der Waals surface area contributed by atoms with Gasteiger partial charge in [0.1, 0.15) is 0 Å². The van der Waals surface area contributed by atoms with Crippen LogP contribution in [0, 0.1) is 11.6 Å². The highest BCUT2D eigenvalue weighted by atomic mass is 35.5. The highest BCUT2D eigenvalue weighted by molar-refractivity contribution is 6.31. The third-order valence-electron chi connectivity index (χ3n) is 2.22. The van der Waals surface area contributed by atoms with Crippen LogP contribution in [0.25, 0.3) is 0 Å². The third kappa shape index (κ3) is 1.42. The van der Waals surface area contributed by atoms with Gasteiger partial charge in [-0.25, -0.2) is 8.78 Å². The molecule has 1 aliphatic rings. The SMILES string of the molecule is Fc1cc2c(c(Cl)c1F)CCNC2. The van der Waals surface area contributed by atoms with Crippen LogP contribution in [0.1, 0.15) is 11.1 Å². The van der Waals surface area contributed by atoms with Crippen molar-refractivity contribution in [2.24, 2.45) is 0 Å². The van der Waals surface area contributed by atoms with E-state index in [1.54, 1.807) is 0 Å². The summed E-state index contributed by atoms with van der Waals surface area (Å²) in [5, 5.41) is 3.01. The van der Waals surface area contributed by atoms with Crippen molar-refractivity contribution in [3.63, 3.8) is 0 Å². The lowest BCUT2D eigenvalue weighted by Crippen LogP contribution is -2.24. The third-order valence-corrected chi connectivity index (χ3v) is 2.62. The summed E-state index contributed by atoms with van der Waals surface area (Å²) in [6, 6.07) is 1.21. The van der Waals surface area contributed by atoms with Gasteiger partial charge in [-0.15, -0.1) is 0 Å². The molecule has 0 spiro atoms. The fourth-order valence-corrected chi connectivity index (χ4v) is 1.85. The quantitative estimate of drug-likeness (QED) is 0.638. The fourth-order valence-electron chi connectivity index (χ4n) is 1.55. The van der Waals surface area contributed by atoms with E-state index in [-0.39, 0.29) is 5.02 Å². The lowest BCUT2D eigenvalue weighted by molar-refractivity contribution is 0.500. The van der Waals surface area contributed by atoms with Gasteiger partial charge in [0.05, 0.1) is 5.02 Å². The lowest BCUT2D eigenvalue weighted by Gasteiger charge is -2.18. The average Bonchev–Trinajstić information content (AvgIpc) is 2.15. The maximum atomic E-state index is 13.0. The summed E-state index contributed by atoms with van der Waals surface area (Å²) in [6.45, 7) is 1.32. The summed E-state index contributed by atoms with van der Waals surface area (Å²) < 4.78 is 25.9. The Morgan fingerprint density at radius 3 is 2.92 bits per heavy atom. The topological polar surface area (TPSA) is 12.0 Å². The van der Waals surface area contributed by atoms with Crippen molar-refractivity contribution in [3.8, 4) is 0 Å². The Morgan fingerprint density at radius 1 is 1.38 bits per heavy atom. The van der Waals surface area contributed by atoms with Gasteiger partial charge in [0.2, 0.25) is 0 Å². The van der Waals surface area contributed by atoms with E-state index in [0.717, 1.165) is 17.7 Å². The van der Waals surface area contributed by atoms with Gasteiger partial charge in [0.25, 0.3) is 0 Å². The molecule has 1 aliphatic heterocycles. The Labute approximate surface area is 79.7 Å². The number of hydrogen-bond acceptors (Lipinski definition) is 1. The van der Waals surface area contributed by atoms with Crippen LogP contribution in [0.15, 0.2) is 6.07 Å². The molecule has 0 atom stereocenters. The van der Waals surface area contributed by atoms with Crippen LogP contribution in [0.2, 0.25) is 5.02 Å². The van der Waals surface area contributed by atoms with Crippen LogP contribution in [0.4, 0.5) is 8.78 Å². The summed E-state index contributed by atoms with van der Waals surface area (Å²) >= 11 is 5.67. The molecule has 4 heteroatoms. The van der Waals surface area contributed by atoms with Crippen molar-refractivity contribution in [2.45, 2.75) is 13.0 Å². The van der Waals surface area contributed by atoms with Crippen molar-refractivity contribution in [3.05, 3.63) is 33.9 Å². The highest BCUT2D eigenvalue weighted by Gasteiger charge is 2.18. The van der Waals surface area contributed by atoms with Crippen LogP contribution in [-0.4, -0.2) is 6.54 Å². The average molecular weight is 204 g/mol. The van der Waals surface area contributed by atoms with E-state index >= 15 is 0 Å². The summed E-state index contributed by atoms with van der Waals surface area (Å²) in [5.41, 5.74) is 1.49. The molecule has 2 rings (SSSR count). The van der Waals surface area contributed by atoms with Crippen molar-refractivity contribution in [2.75, 3.05) is 6.54 Å². The van der Waals surface area contributed by atoms with Crippen LogP contribution in [-0.2, 0) is 13.0 Å². The molecule has 0 saturated heterocycles. The van der Waals surface area contributed by atoms with Crippen molar-refractivity contribution in [1.29, 1.82) is 0 Å². The minimum Gasteiger partial charge on any atom is -0.312 e. The van der Waals surface area contributed by atoms with Gasteiger partial charge in [-0.05, 0) is 30.2 Å². The smallest absolute Gasteiger partial charge is 0.177 e. The number of benzene rings is 1. The van der Waals surface area contributed by atoms with E-state index in [2.05, 4.69) is 5.32 Å². The second kappa shape index (κ2) is 3.24. The standard InChI is InChI=1S/C9H8ClF2N/c10-8-6-1-2-13-4-5(6)3-7(11)9(8)12/h3,13H,1-2,4H2. The van der Waals surface area contributed by atoms with Crippen molar-refractivity contribution in [1.82, 2.24) is 5.32 Å². The first kappa shape index (κ1) is 8.91. The first-order chi connectivity index (χ1) is 6.20. The fraction of sp³-hybridized carbons (Fsp3) is 0.333. The number of hydrogen-bond donors (Lipinski definition) is 1. The zero-order valence-electron chi connectivity index (χ0n) is 6.83. The molecule has 1 nitrogen and oxygen atoms in total. The van der Waals surface area contributed by atoms with Gasteiger partial charge in [0, 0.05) is 6.54 Å². The Kier molecular flexibility index (Phi) is 2.22. The Hall–Kier alpha value is -0.670. The lowest BCUT2D eigenvalue weighted by atomic mass is 10.0. The molecule has 1 aromatic carbocycles. The molecular weight excluding hydrogens is 196 g/mol. The second-order valence-corrected chi connectivity index (χ2v) is 3.43. The maximum absolute atomic E-state index is 13.0. The molecule has 13 heavy (non-hydrogen) atoms. The number of fused-ring (bicyclic) bond motifs is 1. The molecule has 0 saturated carbocycles. The highest BCUT2D eigenvalue weighted by Crippen LogP contribution is 2.27. The zero-order valence-corrected chi connectivity index (χ0v) is 7.59. The number of halogens is 3. The summed E-state index contributed by atoms with van der Waals surface area (Å²) in [6.07, 6.45) is 0.658. The molecule has 0 aromatic heterocycles. The van der Waals surface area contributed by atoms with E-state index in [4.69, 9.17) is 11.6 Å². The zero-order chi connectivity index (χ0) is 9.42. The number of nitrogens with one attached hydrogen (secondary N) is 1.